The van der Waals surface area contributed by atoms with Crippen LogP contribution in [0.2, 0.25) is 0 Å². The van der Waals surface area contributed by atoms with Gasteiger partial charge >= 0.3 is 0 Å². The number of carbonyl (C=O) groups is 1. The minimum Gasteiger partial charge on any atom is -0.341 e. The quantitative estimate of drug-likeness (QED) is 0.941. The Morgan fingerprint density at radius 1 is 1.27 bits per heavy atom. The summed E-state index contributed by atoms with van der Waals surface area (Å²) in [5.74, 6) is 0.00258. The summed E-state index contributed by atoms with van der Waals surface area (Å²) < 4.78 is 2.13. The first-order valence-corrected chi connectivity index (χ1v) is 7.70. The summed E-state index contributed by atoms with van der Waals surface area (Å²) in [6.45, 7) is 3.27. The highest BCUT2D eigenvalue weighted by atomic mass is 16.2. The van der Waals surface area contributed by atoms with Gasteiger partial charge in [0.1, 0.15) is 5.54 Å². The predicted molar refractivity (Wildman–Crippen MR) is 85.1 cm³/mol. The molecule has 1 aromatic carbocycles. The molecule has 2 aromatic rings. The molecule has 5 nitrogen and oxygen atoms in total. The molecule has 2 heterocycles. The number of nitrogens with two attached hydrogens (primary N) is 1. The highest BCUT2D eigenvalue weighted by molar-refractivity contribution is 5.87. The van der Waals surface area contributed by atoms with Crippen LogP contribution in [0.15, 0.2) is 49.1 Å². The van der Waals surface area contributed by atoms with Crippen LogP contribution in [0, 0.1) is 0 Å². The van der Waals surface area contributed by atoms with Gasteiger partial charge in [0.15, 0.2) is 0 Å². The van der Waals surface area contributed by atoms with Crippen molar-refractivity contribution in [2.24, 2.45) is 5.73 Å². The zero-order valence-corrected chi connectivity index (χ0v) is 12.9. The van der Waals surface area contributed by atoms with E-state index in [1.807, 2.05) is 47.8 Å². The van der Waals surface area contributed by atoms with Gasteiger partial charge in [-0.15, -0.1) is 0 Å². The van der Waals surface area contributed by atoms with Gasteiger partial charge in [0.05, 0.1) is 6.33 Å². The number of likely N-dealkylation sites (tertiary alicyclic amines) is 1. The SMILES string of the molecule is CC(N)(C(=O)N1CCC(n2ccnc2)CC1)c1ccccc1. The average molecular weight is 298 g/mol. The van der Waals surface area contributed by atoms with Crippen LogP contribution in [0.4, 0.5) is 0 Å². The van der Waals surface area contributed by atoms with Crippen molar-refractivity contribution in [3.63, 3.8) is 0 Å². The number of amides is 1. The van der Waals surface area contributed by atoms with E-state index in [0.29, 0.717) is 6.04 Å². The summed E-state index contributed by atoms with van der Waals surface area (Å²) in [6, 6.07) is 10.0. The number of hydrogen-bond acceptors (Lipinski definition) is 3. The number of benzene rings is 1. The molecule has 0 spiro atoms. The third kappa shape index (κ3) is 2.76. The molecule has 1 aliphatic rings. The third-order valence-corrected chi connectivity index (χ3v) is 4.52. The van der Waals surface area contributed by atoms with Gasteiger partial charge in [-0.25, -0.2) is 4.98 Å². The van der Waals surface area contributed by atoms with Gasteiger partial charge in [-0.3, -0.25) is 4.79 Å². The minimum atomic E-state index is -0.969. The van der Waals surface area contributed by atoms with Gasteiger partial charge in [0.2, 0.25) is 5.91 Å². The Balaban J connectivity index is 1.67. The van der Waals surface area contributed by atoms with Gasteiger partial charge in [-0.2, -0.15) is 0 Å². The lowest BCUT2D eigenvalue weighted by molar-refractivity contribution is -0.138. The maximum absolute atomic E-state index is 12.8. The zero-order chi connectivity index (χ0) is 15.6. The summed E-state index contributed by atoms with van der Waals surface area (Å²) in [5.41, 5.74) is 6.22. The van der Waals surface area contributed by atoms with E-state index in [0.717, 1.165) is 31.5 Å². The summed E-state index contributed by atoms with van der Waals surface area (Å²) in [7, 11) is 0. The molecule has 0 bridgehead atoms. The molecule has 2 N–H and O–H groups in total. The van der Waals surface area contributed by atoms with E-state index >= 15 is 0 Å². The molecule has 5 heteroatoms. The molecule has 1 amide bonds. The molecule has 22 heavy (non-hydrogen) atoms. The Bertz CT molecular complexity index is 613. The van der Waals surface area contributed by atoms with Crippen molar-refractivity contribution in [3.05, 3.63) is 54.6 Å². The van der Waals surface area contributed by atoms with Gasteiger partial charge in [-0.05, 0) is 25.3 Å². The molecule has 1 saturated heterocycles. The number of aromatic nitrogens is 2. The standard InChI is InChI=1S/C17H22N4O/c1-17(18,14-5-3-2-4-6-14)16(22)20-10-7-15(8-11-20)21-12-9-19-13-21/h2-6,9,12-13,15H,7-8,10-11,18H2,1H3. The number of nitrogens with zero attached hydrogens (tertiary/aromatic N) is 3. The number of piperidine rings is 1. The van der Waals surface area contributed by atoms with Crippen LogP contribution in [-0.4, -0.2) is 33.4 Å². The Morgan fingerprint density at radius 2 is 1.95 bits per heavy atom. The Kier molecular flexibility index (Phi) is 3.98. The van der Waals surface area contributed by atoms with Crippen LogP contribution in [0.1, 0.15) is 31.4 Å². The molecule has 0 saturated carbocycles. The first kappa shape index (κ1) is 14.8. The van der Waals surface area contributed by atoms with Crippen LogP contribution < -0.4 is 5.73 Å². The van der Waals surface area contributed by atoms with Crippen LogP contribution in [0.3, 0.4) is 0 Å². The molecule has 116 valence electrons. The molecule has 1 aliphatic heterocycles. The third-order valence-electron chi connectivity index (χ3n) is 4.52. The van der Waals surface area contributed by atoms with Crippen molar-refractivity contribution in [2.75, 3.05) is 13.1 Å². The van der Waals surface area contributed by atoms with Crippen LogP contribution in [0.5, 0.6) is 0 Å². The first-order chi connectivity index (χ1) is 10.6. The fraction of sp³-hybridized carbons (Fsp3) is 0.412. The first-order valence-electron chi connectivity index (χ1n) is 7.70. The maximum Gasteiger partial charge on any atom is 0.246 e. The summed E-state index contributed by atoms with van der Waals surface area (Å²) in [6.07, 6.45) is 7.50. The second-order valence-electron chi connectivity index (χ2n) is 6.10. The topological polar surface area (TPSA) is 64.2 Å². The van der Waals surface area contributed by atoms with Gasteiger partial charge in [0, 0.05) is 31.5 Å². The summed E-state index contributed by atoms with van der Waals surface area (Å²) in [5, 5.41) is 0. The molecular formula is C17H22N4O. The second kappa shape index (κ2) is 5.93. The monoisotopic (exact) mass is 298 g/mol. The van der Waals surface area contributed by atoms with E-state index in [2.05, 4.69) is 9.55 Å². The number of hydrogen-bond donors (Lipinski definition) is 1. The van der Waals surface area contributed by atoms with Gasteiger partial charge < -0.3 is 15.2 Å². The van der Waals surface area contributed by atoms with E-state index < -0.39 is 5.54 Å². The fourth-order valence-corrected chi connectivity index (χ4v) is 3.09. The lowest BCUT2D eigenvalue weighted by Gasteiger charge is -2.37. The fourth-order valence-electron chi connectivity index (χ4n) is 3.09. The number of carbonyl (C=O) groups excluding carboxylic acids is 1. The molecule has 1 atom stereocenters. The van der Waals surface area contributed by atoms with Crippen LogP contribution in [-0.2, 0) is 10.3 Å². The Labute approximate surface area is 130 Å². The highest BCUT2D eigenvalue weighted by Gasteiger charge is 2.36. The minimum absolute atomic E-state index is 0.00258. The molecule has 1 fully saturated rings. The largest absolute Gasteiger partial charge is 0.341 e. The van der Waals surface area contributed by atoms with Crippen molar-refractivity contribution in [1.82, 2.24) is 14.5 Å². The molecule has 1 aromatic heterocycles. The van der Waals surface area contributed by atoms with E-state index in [-0.39, 0.29) is 5.91 Å². The van der Waals surface area contributed by atoms with Gasteiger partial charge in [-0.1, -0.05) is 30.3 Å². The lowest BCUT2D eigenvalue weighted by atomic mass is 9.90. The van der Waals surface area contributed by atoms with E-state index in [1.54, 1.807) is 13.1 Å². The van der Waals surface area contributed by atoms with E-state index in [4.69, 9.17) is 5.73 Å². The molecule has 1 unspecified atom stereocenters. The Morgan fingerprint density at radius 3 is 2.55 bits per heavy atom. The lowest BCUT2D eigenvalue weighted by Crippen LogP contribution is -2.53. The maximum atomic E-state index is 12.8. The van der Waals surface area contributed by atoms with Crippen molar-refractivity contribution >= 4 is 5.91 Å². The highest BCUT2D eigenvalue weighted by Crippen LogP contribution is 2.26. The van der Waals surface area contributed by atoms with Gasteiger partial charge in [0.25, 0.3) is 0 Å². The summed E-state index contributed by atoms with van der Waals surface area (Å²) in [4.78, 5) is 18.8. The van der Waals surface area contributed by atoms with Crippen LogP contribution >= 0.6 is 0 Å². The number of rotatable bonds is 3. The molecule has 0 radical (unpaired) electrons. The predicted octanol–water partition coefficient (Wildman–Crippen LogP) is 1.92. The van der Waals surface area contributed by atoms with E-state index in [1.165, 1.54) is 0 Å². The van der Waals surface area contributed by atoms with Crippen molar-refractivity contribution in [3.8, 4) is 0 Å². The average Bonchev–Trinajstić information content (AvgIpc) is 3.09. The summed E-state index contributed by atoms with van der Waals surface area (Å²) >= 11 is 0. The molecule has 3 rings (SSSR count). The smallest absolute Gasteiger partial charge is 0.246 e. The Hall–Kier alpha value is -2.14. The normalized spacial score (nSPS) is 18.9. The second-order valence-corrected chi connectivity index (χ2v) is 6.10. The van der Waals surface area contributed by atoms with Crippen molar-refractivity contribution in [1.29, 1.82) is 0 Å². The zero-order valence-electron chi connectivity index (χ0n) is 12.9. The van der Waals surface area contributed by atoms with E-state index in [9.17, 15) is 4.79 Å². The molecule has 0 aliphatic carbocycles. The van der Waals surface area contributed by atoms with Crippen LogP contribution in [0.25, 0.3) is 0 Å². The number of imidazole rings is 1. The molecular weight excluding hydrogens is 276 g/mol. The van der Waals surface area contributed by atoms with Crippen molar-refractivity contribution < 1.29 is 4.79 Å². The van der Waals surface area contributed by atoms with Crippen molar-refractivity contribution in [2.45, 2.75) is 31.3 Å².